The number of hydrogen-bond acceptors (Lipinski definition) is 6. The van der Waals surface area contributed by atoms with Gasteiger partial charge in [-0.2, -0.15) is 0 Å². The zero-order valence-corrected chi connectivity index (χ0v) is 34.7. The van der Waals surface area contributed by atoms with E-state index in [0.717, 1.165) is 65.4 Å². The van der Waals surface area contributed by atoms with Crippen molar-refractivity contribution in [1.82, 2.24) is 29.9 Å². The van der Waals surface area contributed by atoms with Gasteiger partial charge < -0.3 is 37.2 Å². The van der Waals surface area contributed by atoms with E-state index in [1.807, 2.05) is 72.8 Å². The molecular formula is C36H18AuCl9N6. The van der Waals surface area contributed by atoms with Crippen LogP contribution in [0, 0.1) is 0 Å². The maximum Gasteiger partial charge on any atom is 3.00 e. The number of nitrogens with zero attached hydrogens (tertiary/aromatic N) is 6. The molecule has 6 aromatic heterocycles. The Morgan fingerprint density at radius 1 is 0.327 bits per heavy atom. The Kier molecular flexibility index (Phi) is 16.2. The van der Waals surface area contributed by atoms with Crippen LogP contribution in [0.1, 0.15) is 0 Å². The smallest absolute Gasteiger partial charge is 1.00 e. The molecule has 52 heavy (non-hydrogen) atoms. The topological polar surface area (TPSA) is 77.3 Å². The fraction of sp³-hybridized carbons (Fsp3) is 0. The standard InChI is InChI=1S/3C12H6Cl2N2.Au.3ClH/c3*13-9-6-8-4-3-7-2-1-5-15-10(7)11(8)16-12(9)14;;;;/h3*1-6H;;3*1H/q;;;+3;;;/p-3. The van der Waals surface area contributed by atoms with Crippen molar-refractivity contribution in [3.8, 4) is 0 Å². The normalized spacial score (nSPS) is 10.3. The zero-order chi connectivity index (χ0) is 33.4. The van der Waals surface area contributed by atoms with Gasteiger partial charge in [0.15, 0.2) is 0 Å². The van der Waals surface area contributed by atoms with Crippen molar-refractivity contribution in [1.29, 1.82) is 0 Å². The molecule has 0 spiro atoms. The zero-order valence-electron chi connectivity index (χ0n) is 25.8. The van der Waals surface area contributed by atoms with Crippen molar-refractivity contribution in [2.75, 3.05) is 0 Å². The van der Waals surface area contributed by atoms with Gasteiger partial charge in [0.25, 0.3) is 0 Å². The van der Waals surface area contributed by atoms with Gasteiger partial charge in [-0.25, -0.2) is 15.0 Å². The van der Waals surface area contributed by atoms with E-state index in [4.69, 9.17) is 69.6 Å². The molecule has 0 atom stereocenters. The summed E-state index contributed by atoms with van der Waals surface area (Å²) < 4.78 is 0. The van der Waals surface area contributed by atoms with E-state index in [2.05, 4.69) is 29.9 Å². The first kappa shape index (κ1) is 43.9. The van der Waals surface area contributed by atoms with Crippen LogP contribution in [0.4, 0.5) is 0 Å². The quantitative estimate of drug-likeness (QED) is 0.132. The molecule has 0 N–H and O–H groups in total. The van der Waals surface area contributed by atoms with E-state index in [9.17, 15) is 0 Å². The third-order valence-electron chi connectivity index (χ3n) is 7.41. The first-order chi connectivity index (χ1) is 23.3. The predicted molar refractivity (Wildman–Crippen MR) is 201 cm³/mol. The van der Waals surface area contributed by atoms with Gasteiger partial charge in [-0.1, -0.05) is 124 Å². The van der Waals surface area contributed by atoms with Crippen LogP contribution in [-0.2, 0) is 22.4 Å². The summed E-state index contributed by atoms with van der Waals surface area (Å²) in [6, 6.07) is 29.0. The molecule has 6 heterocycles. The molecule has 0 saturated carbocycles. The number of benzene rings is 3. The summed E-state index contributed by atoms with van der Waals surface area (Å²) >= 11 is 35.5. The number of rotatable bonds is 0. The Balaban J connectivity index is 0.000000202. The molecule has 0 bridgehead atoms. The van der Waals surface area contributed by atoms with Gasteiger partial charge in [-0.3, -0.25) is 15.0 Å². The summed E-state index contributed by atoms with van der Waals surface area (Å²) in [4.78, 5) is 25.8. The average Bonchev–Trinajstić information content (AvgIpc) is 3.10. The van der Waals surface area contributed by atoms with E-state index >= 15 is 0 Å². The number of fused-ring (bicyclic) bond motifs is 9. The molecule has 0 fully saturated rings. The van der Waals surface area contributed by atoms with Crippen LogP contribution >= 0.6 is 69.6 Å². The molecule has 0 radical (unpaired) electrons. The van der Waals surface area contributed by atoms with E-state index in [1.165, 1.54) is 0 Å². The molecule has 0 aliphatic carbocycles. The summed E-state index contributed by atoms with van der Waals surface area (Å²) in [6.45, 7) is 0. The number of pyridine rings is 6. The second-order valence-electron chi connectivity index (χ2n) is 10.4. The summed E-state index contributed by atoms with van der Waals surface area (Å²) in [5, 5.41) is 8.29. The van der Waals surface area contributed by atoms with E-state index in [-0.39, 0.29) is 59.6 Å². The average molecular weight is 1050 g/mol. The maximum absolute atomic E-state index is 5.92. The van der Waals surface area contributed by atoms with Crippen molar-refractivity contribution in [2.45, 2.75) is 0 Å². The minimum Gasteiger partial charge on any atom is -1.00 e. The molecular weight excluding hydrogens is 1030 g/mol. The summed E-state index contributed by atoms with van der Waals surface area (Å²) in [6.07, 6.45) is 5.23. The minimum atomic E-state index is 0. The minimum absolute atomic E-state index is 0. The molecule has 0 aliphatic rings. The van der Waals surface area contributed by atoms with Crippen LogP contribution in [0.25, 0.3) is 65.4 Å². The first-order valence-corrected chi connectivity index (χ1v) is 16.5. The first-order valence-electron chi connectivity index (χ1n) is 14.3. The molecule has 16 heteroatoms. The molecule has 0 aliphatic heterocycles. The fourth-order valence-electron chi connectivity index (χ4n) is 5.18. The Bertz CT molecular complexity index is 2390. The molecule has 266 valence electrons. The third-order valence-corrected chi connectivity index (χ3v) is 9.42. The molecule has 9 aromatic rings. The van der Waals surface area contributed by atoms with Gasteiger partial charge in [0.1, 0.15) is 15.5 Å². The Labute approximate surface area is 361 Å². The molecule has 9 rings (SSSR count). The second-order valence-corrected chi connectivity index (χ2v) is 12.7. The van der Waals surface area contributed by atoms with Crippen molar-refractivity contribution in [3.05, 3.63) is 140 Å². The van der Waals surface area contributed by atoms with Gasteiger partial charge in [-0.05, 0) is 36.4 Å². The van der Waals surface area contributed by atoms with E-state index in [1.54, 1.807) is 36.8 Å². The molecule has 0 unspecified atom stereocenters. The second kappa shape index (κ2) is 19.2. The predicted octanol–water partition coefficient (Wildman–Crippen LogP) is 3.28. The largest absolute Gasteiger partial charge is 3.00 e. The van der Waals surface area contributed by atoms with E-state index in [0.29, 0.717) is 30.5 Å². The Morgan fingerprint density at radius 2 is 0.577 bits per heavy atom. The summed E-state index contributed by atoms with van der Waals surface area (Å²) in [5.74, 6) is 0. The Morgan fingerprint density at radius 3 is 0.846 bits per heavy atom. The number of aromatic nitrogens is 6. The Hall–Kier alpha value is -2.53. The maximum atomic E-state index is 5.92. The van der Waals surface area contributed by atoms with Gasteiger partial charge in [0.05, 0.1) is 48.2 Å². The SMILES string of the molecule is Clc1cc2ccc3cccnc3c2nc1Cl.Clc1cc2ccc3cccnc3c2nc1Cl.Clc1cc2ccc3cccnc3c2nc1Cl.[Au+3].[Cl-].[Cl-].[Cl-]. The third kappa shape index (κ3) is 9.22. The van der Waals surface area contributed by atoms with Crippen molar-refractivity contribution < 1.29 is 59.6 Å². The number of halogens is 9. The van der Waals surface area contributed by atoms with Crippen LogP contribution in [0.15, 0.2) is 110 Å². The monoisotopic (exact) mass is 1050 g/mol. The summed E-state index contributed by atoms with van der Waals surface area (Å²) in [7, 11) is 0. The van der Waals surface area contributed by atoms with Crippen molar-refractivity contribution >= 4 is 135 Å². The molecule has 0 saturated heterocycles. The van der Waals surface area contributed by atoms with Gasteiger partial charge in [0, 0.05) is 50.9 Å². The van der Waals surface area contributed by atoms with Crippen LogP contribution in [0.2, 0.25) is 30.5 Å². The van der Waals surface area contributed by atoms with Crippen LogP contribution in [-0.4, -0.2) is 29.9 Å². The van der Waals surface area contributed by atoms with Gasteiger partial charge in [0.2, 0.25) is 0 Å². The van der Waals surface area contributed by atoms with Gasteiger partial charge in [-0.15, -0.1) is 0 Å². The molecule has 3 aromatic carbocycles. The number of hydrogen-bond donors (Lipinski definition) is 0. The van der Waals surface area contributed by atoms with Gasteiger partial charge >= 0.3 is 22.4 Å². The fourth-order valence-corrected chi connectivity index (χ4v) is 6.08. The molecule has 0 amide bonds. The molecule has 6 nitrogen and oxygen atoms in total. The van der Waals surface area contributed by atoms with Crippen LogP contribution < -0.4 is 37.2 Å². The van der Waals surface area contributed by atoms with Crippen LogP contribution in [0.3, 0.4) is 0 Å². The summed E-state index contributed by atoms with van der Waals surface area (Å²) in [5.41, 5.74) is 4.89. The van der Waals surface area contributed by atoms with Crippen LogP contribution in [0.5, 0.6) is 0 Å². The van der Waals surface area contributed by atoms with Crippen molar-refractivity contribution in [3.63, 3.8) is 0 Å². The van der Waals surface area contributed by atoms with E-state index < -0.39 is 0 Å². The van der Waals surface area contributed by atoms with Crippen molar-refractivity contribution in [2.24, 2.45) is 0 Å².